The van der Waals surface area contributed by atoms with Crippen molar-refractivity contribution in [2.75, 3.05) is 32.1 Å². The molecule has 0 saturated carbocycles. The van der Waals surface area contributed by atoms with E-state index in [1.165, 1.54) is 18.5 Å². The number of anilines is 1. The first-order valence-corrected chi connectivity index (χ1v) is 6.27. The van der Waals surface area contributed by atoms with Crippen LogP contribution in [0.3, 0.4) is 0 Å². The molecule has 0 aliphatic carbocycles. The predicted octanol–water partition coefficient (Wildman–Crippen LogP) is 1.07. The fraction of sp³-hybridized carbons (Fsp3) is 0.615. The smallest absolute Gasteiger partial charge is 0.0553 e. The Labute approximate surface area is 103 Å². The summed E-state index contributed by atoms with van der Waals surface area (Å²) in [4.78, 5) is 9.09. The Morgan fingerprint density at radius 3 is 2.88 bits per heavy atom. The maximum atomic E-state index is 5.56. The van der Waals surface area contributed by atoms with Gasteiger partial charge in [-0.2, -0.15) is 0 Å². The molecule has 1 unspecified atom stereocenters. The second-order valence-electron chi connectivity index (χ2n) is 4.92. The summed E-state index contributed by atoms with van der Waals surface area (Å²) in [6, 6.07) is 4.81. The van der Waals surface area contributed by atoms with Crippen LogP contribution in [0.5, 0.6) is 0 Å². The first-order valence-electron chi connectivity index (χ1n) is 6.27. The molecule has 0 aromatic carbocycles. The van der Waals surface area contributed by atoms with E-state index in [1.807, 2.05) is 12.3 Å². The molecule has 4 heteroatoms. The number of nitrogens with zero attached hydrogens (tertiary/aromatic N) is 3. The molecule has 1 fully saturated rings. The number of hydrogen-bond donors (Lipinski definition) is 1. The van der Waals surface area contributed by atoms with Crippen LogP contribution in [0.15, 0.2) is 18.3 Å². The van der Waals surface area contributed by atoms with Gasteiger partial charge in [0.15, 0.2) is 0 Å². The van der Waals surface area contributed by atoms with Gasteiger partial charge in [-0.1, -0.05) is 0 Å². The van der Waals surface area contributed by atoms with Gasteiger partial charge in [0.1, 0.15) is 0 Å². The van der Waals surface area contributed by atoms with E-state index in [0.717, 1.165) is 18.8 Å². The Morgan fingerprint density at radius 1 is 1.47 bits per heavy atom. The minimum atomic E-state index is 0.514. The Morgan fingerprint density at radius 2 is 2.29 bits per heavy atom. The van der Waals surface area contributed by atoms with Crippen LogP contribution in [-0.2, 0) is 6.54 Å². The van der Waals surface area contributed by atoms with Gasteiger partial charge >= 0.3 is 0 Å². The Kier molecular flexibility index (Phi) is 3.97. The highest BCUT2D eigenvalue weighted by Gasteiger charge is 2.21. The average molecular weight is 234 g/mol. The molecule has 1 aromatic heterocycles. The maximum Gasteiger partial charge on any atom is 0.0553 e. The fourth-order valence-corrected chi connectivity index (χ4v) is 2.34. The molecule has 2 rings (SSSR count). The summed E-state index contributed by atoms with van der Waals surface area (Å²) in [5.74, 6) is 0. The molecule has 1 aliphatic rings. The lowest BCUT2D eigenvalue weighted by molar-refractivity contribution is 0.258. The zero-order chi connectivity index (χ0) is 12.3. The summed E-state index contributed by atoms with van der Waals surface area (Å²) in [6.07, 6.45) is 4.49. The van der Waals surface area contributed by atoms with Gasteiger partial charge in [-0.15, -0.1) is 0 Å². The van der Waals surface area contributed by atoms with Gasteiger partial charge in [0.05, 0.1) is 17.6 Å². The molecule has 1 aromatic rings. The van der Waals surface area contributed by atoms with Crippen molar-refractivity contribution in [1.82, 2.24) is 9.88 Å². The standard InChI is InChI=1S/C13H22N4/c1-16(2)13-4-3-7-17(10-13)12-6-5-11(8-14)15-9-12/h5-6,9,13H,3-4,7-8,10,14H2,1-2H3. The lowest BCUT2D eigenvalue weighted by Gasteiger charge is -2.37. The highest BCUT2D eigenvalue weighted by atomic mass is 15.2. The van der Waals surface area contributed by atoms with Gasteiger partial charge in [-0.3, -0.25) is 4.98 Å². The van der Waals surface area contributed by atoms with E-state index >= 15 is 0 Å². The van der Waals surface area contributed by atoms with E-state index in [2.05, 4.69) is 34.9 Å². The Balaban J connectivity index is 2.05. The predicted molar refractivity (Wildman–Crippen MR) is 71.1 cm³/mol. The second-order valence-corrected chi connectivity index (χ2v) is 4.92. The molecule has 17 heavy (non-hydrogen) atoms. The van der Waals surface area contributed by atoms with Crippen LogP contribution in [0.1, 0.15) is 18.5 Å². The van der Waals surface area contributed by atoms with Crippen LogP contribution in [0.25, 0.3) is 0 Å². The summed E-state index contributed by atoms with van der Waals surface area (Å²) in [7, 11) is 4.31. The van der Waals surface area contributed by atoms with Gasteiger partial charge in [-0.05, 0) is 39.1 Å². The van der Waals surface area contributed by atoms with Gasteiger partial charge in [0.2, 0.25) is 0 Å². The molecule has 94 valence electrons. The molecule has 1 saturated heterocycles. The number of likely N-dealkylation sites (N-methyl/N-ethyl adjacent to an activating group) is 1. The third-order valence-corrected chi connectivity index (χ3v) is 3.51. The van der Waals surface area contributed by atoms with Crippen molar-refractivity contribution in [1.29, 1.82) is 0 Å². The van der Waals surface area contributed by atoms with E-state index < -0.39 is 0 Å². The van der Waals surface area contributed by atoms with E-state index in [1.54, 1.807) is 0 Å². The molecule has 1 aliphatic heterocycles. The number of hydrogen-bond acceptors (Lipinski definition) is 4. The molecule has 0 spiro atoms. The highest BCUT2D eigenvalue weighted by Crippen LogP contribution is 2.20. The number of rotatable bonds is 3. The van der Waals surface area contributed by atoms with Gasteiger partial charge in [0, 0.05) is 25.7 Å². The summed E-state index contributed by atoms with van der Waals surface area (Å²) >= 11 is 0. The van der Waals surface area contributed by atoms with Gasteiger partial charge in [-0.25, -0.2) is 0 Å². The lowest BCUT2D eigenvalue weighted by Crippen LogP contribution is -2.45. The summed E-state index contributed by atoms with van der Waals surface area (Å²) in [6.45, 7) is 2.74. The second kappa shape index (κ2) is 5.47. The molecular weight excluding hydrogens is 212 g/mol. The van der Waals surface area contributed by atoms with Crippen LogP contribution < -0.4 is 10.6 Å². The third-order valence-electron chi connectivity index (χ3n) is 3.51. The molecular formula is C13H22N4. The number of aromatic nitrogens is 1. The van der Waals surface area contributed by atoms with Crippen molar-refractivity contribution >= 4 is 5.69 Å². The molecule has 4 nitrogen and oxygen atoms in total. The summed E-state index contributed by atoms with van der Waals surface area (Å²) in [5, 5.41) is 0. The van der Waals surface area contributed by atoms with Crippen molar-refractivity contribution in [3.05, 3.63) is 24.0 Å². The minimum absolute atomic E-state index is 0.514. The normalized spacial score (nSPS) is 20.9. The Hall–Kier alpha value is -1.13. The van der Waals surface area contributed by atoms with Crippen molar-refractivity contribution in [3.63, 3.8) is 0 Å². The van der Waals surface area contributed by atoms with E-state index in [4.69, 9.17) is 5.73 Å². The SMILES string of the molecule is CN(C)C1CCCN(c2ccc(CN)nc2)C1. The van der Waals surface area contributed by atoms with E-state index in [9.17, 15) is 0 Å². The monoisotopic (exact) mass is 234 g/mol. The van der Waals surface area contributed by atoms with Gasteiger partial charge < -0.3 is 15.5 Å². The van der Waals surface area contributed by atoms with Crippen LogP contribution in [-0.4, -0.2) is 43.1 Å². The highest BCUT2D eigenvalue weighted by molar-refractivity contribution is 5.45. The number of piperidine rings is 1. The maximum absolute atomic E-state index is 5.56. The molecule has 0 amide bonds. The fourth-order valence-electron chi connectivity index (χ4n) is 2.34. The molecule has 2 heterocycles. The third kappa shape index (κ3) is 2.96. The van der Waals surface area contributed by atoms with Crippen LogP contribution in [0, 0.1) is 0 Å². The largest absolute Gasteiger partial charge is 0.369 e. The molecule has 2 N–H and O–H groups in total. The quantitative estimate of drug-likeness (QED) is 0.850. The molecule has 0 radical (unpaired) electrons. The van der Waals surface area contributed by atoms with Gasteiger partial charge in [0.25, 0.3) is 0 Å². The van der Waals surface area contributed by atoms with Crippen LogP contribution in [0.2, 0.25) is 0 Å². The zero-order valence-electron chi connectivity index (χ0n) is 10.8. The van der Waals surface area contributed by atoms with Crippen molar-refractivity contribution in [2.24, 2.45) is 5.73 Å². The molecule has 1 atom stereocenters. The molecule has 0 bridgehead atoms. The lowest BCUT2D eigenvalue weighted by atomic mass is 10.0. The average Bonchev–Trinajstić information content (AvgIpc) is 2.39. The topological polar surface area (TPSA) is 45.4 Å². The summed E-state index contributed by atoms with van der Waals surface area (Å²) < 4.78 is 0. The van der Waals surface area contributed by atoms with Crippen molar-refractivity contribution in [3.8, 4) is 0 Å². The van der Waals surface area contributed by atoms with E-state index in [-0.39, 0.29) is 0 Å². The Bertz CT molecular complexity index is 347. The van der Waals surface area contributed by atoms with Crippen molar-refractivity contribution < 1.29 is 0 Å². The number of nitrogens with two attached hydrogens (primary N) is 1. The van der Waals surface area contributed by atoms with Crippen molar-refractivity contribution in [2.45, 2.75) is 25.4 Å². The first kappa shape index (κ1) is 12.3. The zero-order valence-corrected chi connectivity index (χ0v) is 10.8. The van der Waals surface area contributed by atoms with Crippen LogP contribution >= 0.6 is 0 Å². The number of pyridine rings is 1. The summed E-state index contributed by atoms with van der Waals surface area (Å²) in [5.41, 5.74) is 7.73. The van der Waals surface area contributed by atoms with E-state index in [0.29, 0.717) is 12.6 Å². The van der Waals surface area contributed by atoms with Crippen LogP contribution in [0.4, 0.5) is 5.69 Å². The minimum Gasteiger partial charge on any atom is -0.369 e. The first-order chi connectivity index (χ1) is 8.20.